The van der Waals surface area contributed by atoms with Gasteiger partial charge in [0.1, 0.15) is 18.2 Å². The van der Waals surface area contributed by atoms with E-state index in [1.54, 1.807) is 36.2 Å². The molecule has 1 aromatic rings. The average molecular weight is 387 g/mol. The van der Waals surface area contributed by atoms with E-state index < -0.39 is 5.54 Å². The molecule has 0 radical (unpaired) electrons. The SMILES string of the molecule is NC1=N[C@@]2(c3cc(NC(=O)C4=CC=NCN4)ccc3F)CCCC[C@H]2CS1. The maximum absolute atomic E-state index is 14.9. The number of carbonyl (C=O) groups is 1. The van der Waals surface area contributed by atoms with Gasteiger partial charge in [0, 0.05) is 23.2 Å². The van der Waals surface area contributed by atoms with Crippen LogP contribution in [0.5, 0.6) is 0 Å². The number of nitrogens with zero attached hydrogens (tertiary/aromatic N) is 2. The van der Waals surface area contributed by atoms with Gasteiger partial charge in [0.05, 0.1) is 5.54 Å². The van der Waals surface area contributed by atoms with Crippen molar-refractivity contribution in [2.75, 3.05) is 17.7 Å². The van der Waals surface area contributed by atoms with Crippen molar-refractivity contribution in [2.24, 2.45) is 21.6 Å². The summed E-state index contributed by atoms with van der Waals surface area (Å²) in [5.74, 6) is 0.522. The number of amides is 1. The quantitative estimate of drug-likeness (QED) is 0.744. The van der Waals surface area contributed by atoms with E-state index >= 15 is 0 Å². The summed E-state index contributed by atoms with van der Waals surface area (Å²) in [7, 11) is 0. The van der Waals surface area contributed by atoms with Gasteiger partial charge in [-0.05, 0) is 43.0 Å². The molecule has 1 aromatic carbocycles. The summed E-state index contributed by atoms with van der Waals surface area (Å²) in [5, 5.41) is 6.26. The predicted octanol–water partition coefficient (Wildman–Crippen LogP) is 2.73. The zero-order chi connectivity index (χ0) is 18.9. The second-order valence-electron chi connectivity index (χ2n) is 7.02. The Bertz CT molecular complexity index is 853. The Morgan fingerprint density at radius 2 is 2.30 bits per heavy atom. The van der Waals surface area contributed by atoms with Crippen LogP contribution in [0.15, 0.2) is 40.0 Å². The summed E-state index contributed by atoms with van der Waals surface area (Å²) in [5.41, 5.74) is 6.90. The molecule has 142 valence electrons. The van der Waals surface area contributed by atoms with Crippen molar-refractivity contribution in [3.8, 4) is 0 Å². The highest BCUT2D eigenvalue weighted by Gasteiger charge is 2.46. The molecule has 0 bridgehead atoms. The van der Waals surface area contributed by atoms with Crippen LogP contribution in [0.25, 0.3) is 0 Å². The molecule has 2 heterocycles. The summed E-state index contributed by atoms with van der Waals surface area (Å²) < 4.78 is 14.9. The third kappa shape index (κ3) is 3.45. The Labute approximate surface area is 161 Å². The molecule has 1 saturated carbocycles. The predicted molar refractivity (Wildman–Crippen MR) is 107 cm³/mol. The molecule has 27 heavy (non-hydrogen) atoms. The maximum atomic E-state index is 14.9. The fraction of sp³-hybridized carbons (Fsp3) is 0.421. The van der Waals surface area contributed by atoms with Gasteiger partial charge < -0.3 is 16.4 Å². The number of thioether (sulfide) groups is 1. The van der Waals surface area contributed by atoms with E-state index in [1.807, 2.05) is 0 Å². The molecule has 2 aliphatic heterocycles. The number of carbonyl (C=O) groups excluding carboxylic acids is 1. The molecule has 6 nitrogen and oxygen atoms in total. The molecule has 4 rings (SSSR count). The molecule has 0 saturated heterocycles. The zero-order valence-electron chi connectivity index (χ0n) is 14.9. The second-order valence-corrected chi connectivity index (χ2v) is 8.06. The van der Waals surface area contributed by atoms with Gasteiger partial charge in [-0.3, -0.25) is 14.8 Å². The first-order valence-electron chi connectivity index (χ1n) is 9.12. The second kappa shape index (κ2) is 7.34. The lowest BCUT2D eigenvalue weighted by atomic mass is 9.69. The van der Waals surface area contributed by atoms with E-state index in [0.717, 1.165) is 31.4 Å². The number of nitrogens with two attached hydrogens (primary N) is 1. The van der Waals surface area contributed by atoms with Crippen molar-refractivity contribution in [2.45, 2.75) is 31.2 Å². The number of allylic oxidation sites excluding steroid dienone is 1. The van der Waals surface area contributed by atoms with Gasteiger partial charge in [-0.15, -0.1) is 0 Å². The fourth-order valence-corrected chi connectivity index (χ4v) is 5.13. The Balaban J connectivity index is 1.67. The Kier molecular flexibility index (Phi) is 4.90. The fourth-order valence-electron chi connectivity index (χ4n) is 4.09. The number of benzene rings is 1. The first-order chi connectivity index (χ1) is 13.1. The number of fused-ring (bicyclic) bond motifs is 1. The smallest absolute Gasteiger partial charge is 0.271 e. The van der Waals surface area contributed by atoms with Crippen LogP contribution in [0, 0.1) is 11.7 Å². The monoisotopic (exact) mass is 387 g/mol. The minimum Gasteiger partial charge on any atom is -0.379 e. The van der Waals surface area contributed by atoms with E-state index in [9.17, 15) is 9.18 Å². The van der Waals surface area contributed by atoms with Crippen LogP contribution >= 0.6 is 11.8 Å². The van der Waals surface area contributed by atoms with Crippen LogP contribution < -0.4 is 16.4 Å². The summed E-state index contributed by atoms with van der Waals surface area (Å²) in [6.45, 7) is 0.365. The van der Waals surface area contributed by atoms with E-state index in [-0.39, 0.29) is 17.6 Å². The number of hydrogen-bond donors (Lipinski definition) is 3. The lowest BCUT2D eigenvalue weighted by Gasteiger charge is -2.44. The molecule has 1 fully saturated rings. The van der Waals surface area contributed by atoms with Gasteiger partial charge >= 0.3 is 0 Å². The van der Waals surface area contributed by atoms with Crippen molar-refractivity contribution in [1.29, 1.82) is 0 Å². The lowest BCUT2D eigenvalue weighted by molar-refractivity contribution is -0.113. The third-order valence-corrected chi connectivity index (χ3v) is 6.38. The minimum absolute atomic E-state index is 0.253. The first kappa shape index (κ1) is 18.0. The summed E-state index contributed by atoms with van der Waals surface area (Å²) in [6, 6.07) is 4.70. The van der Waals surface area contributed by atoms with Crippen LogP contribution in [0.1, 0.15) is 31.2 Å². The van der Waals surface area contributed by atoms with Gasteiger partial charge in [-0.2, -0.15) is 0 Å². The number of anilines is 1. The number of halogens is 1. The molecule has 1 aliphatic carbocycles. The maximum Gasteiger partial charge on any atom is 0.271 e. The van der Waals surface area contributed by atoms with Gasteiger partial charge in [0.25, 0.3) is 5.91 Å². The molecular formula is C19H22FN5OS. The number of rotatable bonds is 3. The molecule has 8 heteroatoms. The van der Waals surface area contributed by atoms with E-state index in [4.69, 9.17) is 10.7 Å². The molecule has 0 spiro atoms. The van der Waals surface area contributed by atoms with Gasteiger partial charge in [0.15, 0.2) is 5.17 Å². The van der Waals surface area contributed by atoms with Crippen LogP contribution in [-0.2, 0) is 10.3 Å². The normalized spacial score (nSPS) is 27.1. The first-order valence-corrected chi connectivity index (χ1v) is 10.1. The molecule has 0 unspecified atom stereocenters. The molecular weight excluding hydrogens is 365 g/mol. The van der Waals surface area contributed by atoms with Crippen molar-refractivity contribution >= 4 is 34.7 Å². The van der Waals surface area contributed by atoms with Crippen molar-refractivity contribution in [3.63, 3.8) is 0 Å². The highest BCUT2D eigenvalue weighted by molar-refractivity contribution is 8.13. The number of hydrogen-bond acceptors (Lipinski definition) is 6. The van der Waals surface area contributed by atoms with Crippen LogP contribution in [0.4, 0.5) is 10.1 Å². The topological polar surface area (TPSA) is 91.9 Å². The third-order valence-electron chi connectivity index (χ3n) is 5.42. The molecule has 1 amide bonds. The van der Waals surface area contributed by atoms with Crippen molar-refractivity contribution in [1.82, 2.24) is 5.32 Å². The zero-order valence-corrected chi connectivity index (χ0v) is 15.7. The Morgan fingerprint density at radius 3 is 3.11 bits per heavy atom. The summed E-state index contributed by atoms with van der Waals surface area (Å²) >= 11 is 1.54. The number of aliphatic imine (C=N–C) groups is 2. The molecule has 3 aliphatic rings. The Hall–Kier alpha value is -2.35. The highest BCUT2D eigenvalue weighted by Crippen LogP contribution is 2.50. The van der Waals surface area contributed by atoms with Gasteiger partial charge in [-0.25, -0.2) is 4.39 Å². The van der Waals surface area contributed by atoms with Crippen LogP contribution in [0.3, 0.4) is 0 Å². The minimum atomic E-state index is -0.632. The summed E-state index contributed by atoms with van der Waals surface area (Å²) in [6.07, 6.45) is 7.10. The Morgan fingerprint density at radius 1 is 1.41 bits per heavy atom. The summed E-state index contributed by atoms with van der Waals surface area (Å²) in [4.78, 5) is 21.1. The van der Waals surface area contributed by atoms with Crippen LogP contribution in [0.2, 0.25) is 0 Å². The van der Waals surface area contributed by atoms with Crippen molar-refractivity contribution in [3.05, 3.63) is 41.4 Å². The number of nitrogens with one attached hydrogen (secondary N) is 2. The molecule has 0 aromatic heterocycles. The standard InChI is InChI=1S/C19H22FN5OS/c20-15-5-4-13(24-17(26)16-6-8-22-11-23-16)9-14(15)19-7-2-1-3-12(19)10-27-18(21)25-19/h4-6,8-9,12,23H,1-3,7,10-11H2,(H2,21,25)(H,24,26)/t12-,19-/m0/s1. The lowest BCUT2D eigenvalue weighted by Crippen LogP contribution is -2.43. The largest absolute Gasteiger partial charge is 0.379 e. The molecule has 2 atom stereocenters. The van der Waals surface area contributed by atoms with E-state index in [2.05, 4.69) is 15.6 Å². The number of amidine groups is 1. The molecule has 4 N–H and O–H groups in total. The van der Waals surface area contributed by atoms with Crippen LogP contribution in [-0.4, -0.2) is 29.7 Å². The van der Waals surface area contributed by atoms with E-state index in [1.165, 1.54) is 6.07 Å². The van der Waals surface area contributed by atoms with Crippen molar-refractivity contribution < 1.29 is 9.18 Å². The van der Waals surface area contributed by atoms with Gasteiger partial charge in [-0.1, -0.05) is 24.6 Å². The van der Waals surface area contributed by atoms with Gasteiger partial charge in [0.2, 0.25) is 0 Å². The average Bonchev–Trinajstić information content (AvgIpc) is 2.69. The van der Waals surface area contributed by atoms with E-state index in [0.29, 0.717) is 28.8 Å². The highest BCUT2D eigenvalue weighted by atomic mass is 32.2.